The van der Waals surface area contributed by atoms with E-state index >= 15 is 0 Å². The molecule has 0 N–H and O–H groups in total. The number of hydrogen-bond acceptors (Lipinski definition) is 12. The fourth-order valence-corrected chi connectivity index (χ4v) is 13.7. The number of fused-ring (bicyclic) bond motifs is 6. The van der Waals surface area contributed by atoms with Gasteiger partial charge in [0.25, 0.3) is 0 Å². The number of nitrogens with zero attached hydrogens (tertiary/aromatic N) is 10. The molecule has 18 aromatic rings. The van der Waals surface area contributed by atoms with Crippen LogP contribution in [0.5, 0.6) is 0 Å². The first-order valence-corrected chi connectivity index (χ1v) is 37.3. The maximum absolute atomic E-state index is 6.20. The molecule has 0 bridgehead atoms. The molecule has 0 amide bonds. The van der Waals surface area contributed by atoms with E-state index in [0.29, 0.717) is 34.9 Å². The van der Waals surface area contributed by atoms with Gasteiger partial charge in [-0.05, 0) is 103 Å². The van der Waals surface area contributed by atoms with Gasteiger partial charge in [0.2, 0.25) is 0 Å². The molecule has 526 valence electrons. The molecule has 0 unspecified atom stereocenters. The average molecular weight is 1490 g/mol. The van der Waals surface area contributed by atoms with Crippen molar-refractivity contribution in [3.63, 3.8) is 0 Å². The average Bonchev–Trinajstić information content (AvgIpc) is 1.40. The van der Waals surface area contributed by atoms with Crippen molar-refractivity contribution in [3.05, 3.63) is 357 Å². The summed E-state index contributed by atoms with van der Waals surface area (Å²) in [5.74, 6) is 3.91. The molecule has 12 aromatic carbocycles. The molecule has 14 heteroatoms. The Balaban J connectivity index is 0.000000130. The number of halogens is 1. The van der Waals surface area contributed by atoms with Crippen LogP contribution < -0.4 is 5.46 Å². The Morgan fingerprint density at radius 2 is 0.473 bits per heavy atom. The van der Waals surface area contributed by atoms with Crippen LogP contribution in [0, 0.1) is 0 Å². The summed E-state index contributed by atoms with van der Waals surface area (Å²) in [6.07, 6.45) is 3.64. The van der Waals surface area contributed by atoms with E-state index in [-0.39, 0.29) is 18.3 Å². The van der Waals surface area contributed by atoms with Crippen LogP contribution in [0.1, 0.15) is 27.7 Å². The summed E-state index contributed by atoms with van der Waals surface area (Å²) < 4.78 is 13.5. The van der Waals surface area contributed by atoms with Crippen molar-refractivity contribution >= 4 is 72.1 Å². The fourth-order valence-electron chi connectivity index (χ4n) is 13.4. The van der Waals surface area contributed by atoms with Crippen LogP contribution >= 0.6 is 15.9 Å². The fraction of sp³-hybridized carbons (Fsp3) is 0.0625. The molecular formula is C96H70BBrN10O2. The number of hydrogen-bond donors (Lipinski definition) is 0. The van der Waals surface area contributed by atoms with Gasteiger partial charge >= 0.3 is 7.12 Å². The zero-order chi connectivity index (χ0) is 74.6. The van der Waals surface area contributed by atoms with Gasteiger partial charge in [0.15, 0.2) is 34.9 Å². The molecule has 7 heterocycles. The van der Waals surface area contributed by atoms with E-state index in [2.05, 4.69) is 248 Å². The molecule has 110 heavy (non-hydrogen) atoms. The third-order valence-corrected chi connectivity index (χ3v) is 20.7. The van der Waals surface area contributed by atoms with Gasteiger partial charge in [0.1, 0.15) is 0 Å². The van der Waals surface area contributed by atoms with E-state index in [0.717, 1.165) is 143 Å². The van der Waals surface area contributed by atoms with Crippen molar-refractivity contribution < 1.29 is 9.31 Å². The highest BCUT2D eigenvalue weighted by Crippen LogP contribution is 2.38. The zero-order valence-electron chi connectivity index (χ0n) is 60.7. The van der Waals surface area contributed by atoms with Crippen molar-refractivity contribution in [2.24, 2.45) is 0 Å². The second-order valence-electron chi connectivity index (χ2n) is 27.9. The summed E-state index contributed by atoms with van der Waals surface area (Å²) in [5, 5.41) is 4.41. The molecule has 1 saturated heterocycles. The standard InChI is InChI=1S/C45H29N5.C33H30BN3O2.C18H11BrN2/c1-3-8-37(9-4-1)43-48-44(38-10-5-2-6-11-38)50-45(49-43)39-25-19-33(20-26-39)31-15-13-30(14-16-31)32-17-21-34(22-18-32)40-28-27-36-24-23-35-12-7-29-46-41(35)42(36)47-40;1-32(2)33(3,4)39-34(38-32)28-21-19-24(20-22-28)23-15-17-27(18-16-23)31-36-29(25-11-7-5-8-12-25)35-30(37-31)26-13-9-6-10-14-26;19-15-8-5-12(6-9-15)16-10-7-14-4-3-13-2-1-11-20-17(13)18(14)21-16/h1-29H;5-22H,1-4H3;1-11H. The molecule has 19 rings (SSSR count). The highest BCUT2D eigenvalue weighted by atomic mass is 79.9. The number of pyridine rings is 4. The van der Waals surface area contributed by atoms with Crippen LogP contribution in [-0.2, 0) is 9.31 Å². The minimum Gasteiger partial charge on any atom is -0.399 e. The van der Waals surface area contributed by atoms with E-state index < -0.39 is 0 Å². The molecule has 1 aliphatic heterocycles. The molecular weight excluding hydrogens is 1420 g/mol. The van der Waals surface area contributed by atoms with Crippen LogP contribution in [0.3, 0.4) is 0 Å². The minimum atomic E-state index is -0.368. The summed E-state index contributed by atoms with van der Waals surface area (Å²) >= 11 is 3.46. The Labute approximate surface area is 646 Å². The molecule has 1 fully saturated rings. The van der Waals surface area contributed by atoms with E-state index in [1.54, 1.807) is 0 Å². The van der Waals surface area contributed by atoms with E-state index in [1.807, 2.05) is 158 Å². The highest BCUT2D eigenvalue weighted by Gasteiger charge is 2.51. The zero-order valence-corrected chi connectivity index (χ0v) is 62.3. The third kappa shape index (κ3) is 15.0. The largest absolute Gasteiger partial charge is 0.494 e. The minimum absolute atomic E-state index is 0.359. The normalized spacial score (nSPS) is 12.8. The number of rotatable bonds is 12. The number of benzene rings is 12. The van der Waals surface area contributed by atoms with Gasteiger partial charge in [0, 0.05) is 82.9 Å². The monoisotopic (exact) mass is 1480 g/mol. The predicted octanol–water partition coefficient (Wildman–Crippen LogP) is 23.0. The van der Waals surface area contributed by atoms with Crippen molar-refractivity contribution in [1.29, 1.82) is 0 Å². The van der Waals surface area contributed by atoms with Crippen LogP contribution in [0.2, 0.25) is 0 Å². The van der Waals surface area contributed by atoms with Crippen molar-refractivity contribution in [2.75, 3.05) is 0 Å². The van der Waals surface area contributed by atoms with Crippen molar-refractivity contribution in [3.8, 4) is 124 Å². The van der Waals surface area contributed by atoms with Gasteiger partial charge in [-0.15, -0.1) is 0 Å². The molecule has 0 spiro atoms. The lowest BCUT2D eigenvalue weighted by molar-refractivity contribution is 0.00578. The first-order chi connectivity index (χ1) is 53.8. The van der Waals surface area contributed by atoms with Gasteiger partial charge in [-0.3, -0.25) is 9.97 Å². The first kappa shape index (κ1) is 69.8. The van der Waals surface area contributed by atoms with E-state index in [4.69, 9.17) is 49.2 Å². The van der Waals surface area contributed by atoms with Crippen LogP contribution in [0.15, 0.2) is 357 Å². The van der Waals surface area contributed by atoms with Crippen molar-refractivity contribution in [1.82, 2.24) is 49.8 Å². The quantitative estimate of drug-likeness (QED) is 0.0847. The van der Waals surface area contributed by atoms with Crippen molar-refractivity contribution in [2.45, 2.75) is 38.9 Å². The van der Waals surface area contributed by atoms with Gasteiger partial charge < -0.3 is 9.31 Å². The van der Waals surface area contributed by atoms with Crippen LogP contribution in [0.25, 0.3) is 168 Å². The summed E-state index contributed by atoms with van der Waals surface area (Å²) in [6.45, 7) is 8.28. The Kier molecular flexibility index (Phi) is 19.4. The summed E-state index contributed by atoms with van der Waals surface area (Å²) in [5.41, 5.74) is 20.6. The first-order valence-electron chi connectivity index (χ1n) is 36.5. The molecule has 0 radical (unpaired) electrons. The molecule has 0 aliphatic carbocycles. The maximum Gasteiger partial charge on any atom is 0.494 e. The highest BCUT2D eigenvalue weighted by molar-refractivity contribution is 9.10. The molecule has 0 saturated carbocycles. The van der Waals surface area contributed by atoms with Crippen LogP contribution in [0.4, 0.5) is 0 Å². The smallest absolute Gasteiger partial charge is 0.399 e. The summed E-state index contributed by atoms with van der Waals surface area (Å²) in [6, 6.07) is 116. The lowest BCUT2D eigenvalue weighted by Gasteiger charge is -2.32. The van der Waals surface area contributed by atoms with Gasteiger partial charge in [-0.25, -0.2) is 39.9 Å². The Hall–Kier alpha value is -13.2. The topological polar surface area (TPSA) is 147 Å². The predicted molar refractivity (Wildman–Crippen MR) is 451 cm³/mol. The Morgan fingerprint density at radius 1 is 0.227 bits per heavy atom. The van der Waals surface area contributed by atoms with Gasteiger partial charge in [-0.2, -0.15) is 0 Å². The number of aromatic nitrogens is 10. The molecule has 12 nitrogen and oxygen atoms in total. The Morgan fingerprint density at radius 3 is 0.782 bits per heavy atom. The SMILES string of the molecule is Brc1ccc(-c2ccc3ccc4cccnc4c3n2)cc1.CC1(C)OB(c2ccc(-c3ccc(-c4nc(-c5ccccc5)nc(-c5ccccc5)n4)cc3)cc2)OC1(C)C.c1ccc(-c2nc(-c3ccccc3)nc(-c3ccc(-c4ccc(-c5ccc(-c6ccc7ccc8cccnc8c7n6)cc5)cc4)cc3)n2)cc1. The molecule has 1 aliphatic rings. The maximum atomic E-state index is 6.20. The van der Waals surface area contributed by atoms with Gasteiger partial charge in [0.05, 0.1) is 44.7 Å². The summed E-state index contributed by atoms with van der Waals surface area (Å²) in [4.78, 5) is 47.9. The second kappa shape index (κ2) is 30.6. The summed E-state index contributed by atoms with van der Waals surface area (Å²) in [7, 11) is -0.368. The lowest BCUT2D eigenvalue weighted by atomic mass is 9.78. The lowest BCUT2D eigenvalue weighted by Crippen LogP contribution is -2.41. The molecule has 0 atom stereocenters. The third-order valence-electron chi connectivity index (χ3n) is 20.2. The van der Waals surface area contributed by atoms with Crippen LogP contribution in [-0.4, -0.2) is 68.2 Å². The van der Waals surface area contributed by atoms with Gasteiger partial charge in [-0.1, -0.05) is 319 Å². The molecule has 6 aromatic heterocycles. The van der Waals surface area contributed by atoms with E-state index in [9.17, 15) is 0 Å². The Bertz CT molecular complexity index is 6180. The van der Waals surface area contributed by atoms with E-state index in [1.165, 1.54) is 0 Å². The second-order valence-corrected chi connectivity index (χ2v) is 28.8.